The van der Waals surface area contributed by atoms with E-state index < -0.39 is 9.84 Å². The Labute approximate surface area is 123 Å². The van der Waals surface area contributed by atoms with Crippen molar-refractivity contribution in [1.29, 1.82) is 0 Å². The highest BCUT2D eigenvalue weighted by molar-refractivity contribution is 7.91. The first-order valence-electron chi connectivity index (χ1n) is 6.84. The second kappa shape index (κ2) is 5.44. The minimum Gasteiger partial charge on any atom is -0.382 e. The second-order valence-corrected chi connectivity index (χ2v) is 7.63. The van der Waals surface area contributed by atoms with Crippen molar-refractivity contribution in [1.82, 2.24) is 20.2 Å². The molecule has 1 aliphatic rings. The zero-order valence-corrected chi connectivity index (χ0v) is 12.5. The van der Waals surface area contributed by atoms with E-state index in [0.717, 1.165) is 16.9 Å². The Bertz CT molecular complexity index is 713. The van der Waals surface area contributed by atoms with E-state index in [0.29, 0.717) is 12.8 Å². The zero-order chi connectivity index (χ0) is 14.9. The summed E-state index contributed by atoms with van der Waals surface area (Å²) in [6.45, 7) is 1.99. The quantitative estimate of drug-likeness (QED) is 0.908. The Morgan fingerprint density at radius 2 is 2.05 bits per heavy atom. The highest BCUT2D eigenvalue weighted by Gasteiger charge is 2.23. The van der Waals surface area contributed by atoms with Crippen LogP contribution in [-0.2, 0) is 9.84 Å². The molecule has 3 rings (SSSR count). The SMILES string of the molecule is Cc1cc(NC2CCS(=O)(=O)CC2)ccc1-n1cnnn1. The summed E-state index contributed by atoms with van der Waals surface area (Å²) in [7, 11) is -2.82. The lowest BCUT2D eigenvalue weighted by Crippen LogP contribution is -2.32. The van der Waals surface area contributed by atoms with Gasteiger partial charge in [-0.05, 0) is 54.0 Å². The van der Waals surface area contributed by atoms with Crippen LogP contribution in [0.5, 0.6) is 0 Å². The molecule has 0 radical (unpaired) electrons. The summed E-state index contributed by atoms with van der Waals surface area (Å²) >= 11 is 0. The average molecular weight is 307 g/mol. The van der Waals surface area contributed by atoms with Gasteiger partial charge in [0.05, 0.1) is 17.2 Å². The molecular weight excluding hydrogens is 290 g/mol. The molecular formula is C13H17N5O2S. The Kier molecular flexibility index (Phi) is 3.62. The van der Waals surface area contributed by atoms with Gasteiger partial charge in [0.15, 0.2) is 0 Å². The van der Waals surface area contributed by atoms with Gasteiger partial charge in [-0.25, -0.2) is 13.1 Å². The molecule has 7 nitrogen and oxygen atoms in total. The van der Waals surface area contributed by atoms with Crippen molar-refractivity contribution in [3.8, 4) is 5.69 Å². The van der Waals surface area contributed by atoms with Crippen LogP contribution < -0.4 is 5.32 Å². The normalized spacial score (nSPS) is 18.5. The van der Waals surface area contributed by atoms with E-state index in [1.54, 1.807) is 11.0 Å². The highest BCUT2D eigenvalue weighted by atomic mass is 32.2. The fourth-order valence-electron chi connectivity index (χ4n) is 2.54. The van der Waals surface area contributed by atoms with Gasteiger partial charge >= 0.3 is 0 Å². The molecule has 1 aromatic heterocycles. The topological polar surface area (TPSA) is 89.8 Å². The number of anilines is 1. The molecule has 0 aliphatic carbocycles. The van der Waals surface area contributed by atoms with Crippen LogP contribution in [-0.4, -0.2) is 46.2 Å². The molecule has 1 aliphatic heterocycles. The Balaban J connectivity index is 1.71. The lowest BCUT2D eigenvalue weighted by atomic mass is 10.1. The number of nitrogens with one attached hydrogen (secondary N) is 1. The van der Waals surface area contributed by atoms with E-state index in [1.165, 1.54) is 0 Å². The van der Waals surface area contributed by atoms with Gasteiger partial charge in [-0.15, -0.1) is 5.10 Å². The summed E-state index contributed by atoms with van der Waals surface area (Å²) in [6.07, 6.45) is 2.88. The molecule has 0 bridgehead atoms. The minimum absolute atomic E-state index is 0.215. The number of aryl methyl sites for hydroxylation is 1. The largest absolute Gasteiger partial charge is 0.382 e. The summed E-state index contributed by atoms with van der Waals surface area (Å²) in [6, 6.07) is 6.16. The molecule has 2 aromatic rings. The fourth-order valence-corrected chi connectivity index (χ4v) is 4.04. The third-order valence-corrected chi connectivity index (χ3v) is 5.43. The van der Waals surface area contributed by atoms with E-state index in [9.17, 15) is 8.42 Å². The maximum atomic E-state index is 11.4. The first-order valence-corrected chi connectivity index (χ1v) is 8.67. The van der Waals surface area contributed by atoms with Crippen molar-refractivity contribution in [3.63, 3.8) is 0 Å². The first kappa shape index (κ1) is 14.0. The molecule has 0 saturated carbocycles. The van der Waals surface area contributed by atoms with Crippen LogP contribution in [0.3, 0.4) is 0 Å². The monoisotopic (exact) mass is 307 g/mol. The summed E-state index contributed by atoms with van der Waals surface area (Å²) in [5.74, 6) is 0.540. The van der Waals surface area contributed by atoms with Crippen molar-refractivity contribution in [2.45, 2.75) is 25.8 Å². The standard InChI is InChI=1S/C13H17N5O2S/c1-10-8-12(2-3-13(10)18-9-14-16-17-18)15-11-4-6-21(19,20)7-5-11/h2-3,8-9,11,15H,4-7H2,1H3. The highest BCUT2D eigenvalue weighted by Crippen LogP contribution is 2.21. The van der Waals surface area contributed by atoms with Crippen LogP contribution in [0.15, 0.2) is 24.5 Å². The number of tetrazole rings is 1. The Morgan fingerprint density at radius 1 is 1.29 bits per heavy atom. The Morgan fingerprint density at radius 3 is 2.67 bits per heavy atom. The maximum absolute atomic E-state index is 11.4. The van der Waals surface area contributed by atoms with Gasteiger partial charge in [0.2, 0.25) is 0 Å². The predicted octanol–water partition coefficient (Wildman–Crippen LogP) is 0.960. The number of hydrogen-bond donors (Lipinski definition) is 1. The third-order valence-electron chi connectivity index (χ3n) is 3.72. The second-order valence-electron chi connectivity index (χ2n) is 5.33. The molecule has 0 unspecified atom stereocenters. The number of hydrogen-bond acceptors (Lipinski definition) is 6. The Hall–Kier alpha value is -1.96. The zero-order valence-electron chi connectivity index (χ0n) is 11.7. The summed E-state index contributed by atoms with van der Waals surface area (Å²) in [5, 5.41) is 14.5. The molecule has 0 spiro atoms. The van der Waals surface area contributed by atoms with Crippen LogP contribution in [0.1, 0.15) is 18.4 Å². The molecule has 1 saturated heterocycles. The number of aromatic nitrogens is 4. The van der Waals surface area contributed by atoms with Crippen LogP contribution >= 0.6 is 0 Å². The lowest BCUT2D eigenvalue weighted by molar-refractivity contribution is 0.559. The van der Waals surface area contributed by atoms with Gasteiger partial charge in [0.25, 0.3) is 0 Å². The molecule has 0 amide bonds. The van der Waals surface area contributed by atoms with E-state index in [4.69, 9.17) is 0 Å². The smallest absolute Gasteiger partial charge is 0.150 e. The van der Waals surface area contributed by atoms with Crippen LogP contribution in [0.25, 0.3) is 5.69 Å². The average Bonchev–Trinajstić information content (AvgIpc) is 2.95. The van der Waals surface area contributed by atoms with Gasteiger partial charge < -0.3 is 5.32 Å². The number of nitrogens with zero attached hydrogens (tertiary/aromatic N) is 4. The van der Waals surface area contributed by atoms with E-state index in [2.05, 4.69) is 20.8 Å². The number of rotatable bonds is 3. The van der Waals surface area contributed by atoms with E-state index >= 15 is 0 Å². The third kappa shape index (κ3) is 3.21. The van der Waals surface area contributed by atoms with Crippen molar-refractivity contribution in [2.75, 3.05) is 16.8 Å². The molecule has 21 heavy (non-hydrogen) atoms. The number of sulfone groups is 1. The first-order chi connectivity index (χ1) is 10.0. The van der Waals surface area contributed by atoms with Gasteiger partial charge in [-0.2, -0.15) is 0 Å². The molecule has 1 N–H and O–H groups in total. The molecule has 1 aromatic carbocycles. The van der Waals surface area contributed by atoms with Gasteiger partial charge in [-0.3, -0.25) is 0 Å². The van der Waals surface area contributed by atoms with Crippen molar-refractivity contribution in [2.24, 2.45) is 0 Å². The molecule has 8 heteroatoms. The summed E-state index contributed by atoms with van der Waals surface area (Å²) in [5.41, 5.74) is 2.97. The van der Waals surface area contributed by atoms with Crippen LogP contribution in [0, 0.1) is 6.92 Å². The molecule has 1 fully saturated rings. The van der Waals surface area contributed by atoms with Crippen LogP contribution in [0.4, 0.5) is 5.69 Å². The summed E-state index contributed by atoms with van der Waals surface area (Å²) in [4.78, 5) is 0. The van der Waals surface area contributed by atoms with E-state index in [-0.39, 0.29) is 17.5 Å². The molecule has 112 valence electrons. The summed E-state index contributed by atoms with van der Waals surface area (Å²) < 4.78 is 24.5. The number of benzene rings is 1. The van der Waals surface area contributed by atoms with Crippen LogP contribution in [0.2, 0.25) is 0 Å². The molecule has 2 heterocycles. The lowest BCUT2D eigenvalue weighted by Gasteiger charge is -2.24. The van der Waals surface area contributed by atoms with E-state index in [1.807, 2.05) is 25.1 Å². The van der Waals surface area contributed by atoms with Gasteiger partial charge in [0.1, 0.15) is 16.2 Å². The maximum Gasteiger partial charge on any atom is 0.150 e. The fraction of sp³-hybridized carbons (Fsp3) is 0.462. The predicted molar refractivity (Wildman–Crippen MR) is 79.2 cm³/mol. The molecule has 0 atom stereocenters. The minimum atomic E-state index is -2.82. The van der Waals surface area contributed by atoms with Crippen molar-refractivity contribution in [3.05, 3.63) is 30.1 Å². The van der Waals surface area contributed by atoms with Gasteiger partial charge in [0, 0.05) is 11.7 Å². The van der Waals surface area contributed by atoms with Crippen molar-refractivity contribution >= 4 is 15.5 Å². The van der Waals surface area contributed by atoms with Gasteiger partial charge in [-0.1, -0.05) is 0 Å². The van der Waals surface area contributed by atoms with Crippen molar-refractivity contribution < 1.29 is 8.42 Å².